The molecule has 15 nitrogen and oxygen atoms in total. The van der Waals surface area contributed by atoms with E-state index in [0.717, 1.165) is 66.0 Å². The average Bonchev–Trinajstić information content (AvgIpc) is 3.86. The van der Waals surface area contributed by atoms with Crippen LogP contribution in [0.25, 0.3) is 33.6 Å². The summed E-state index contributed by atoms with van der Waals surface area (Å²) in [4.78, 5) is 24.1. The Bertz CT molecular complexity index is 2750. The van der Waals surface area contributed by atoms with Gasteiger partial charge >= 0.3 is 0 Å². The topological polar surface area (TPSA) is 197 Å². The van der Waals surface area contributed by atoms with E-state index in [1.165, 1.54) is 12.1 Å². The maximum absolute atomic E-state index is 14.2. The molecule has 0 radical (unpaired) electrons. The van der Waals surface area contributed by atoms with Crippen molar-refractivity contribution in [1.82, 2.24) is 49.3 Å². The number of nitrogens with two attached hydrogens (primary N) is 2. The highest BCUT2D eigenvalue weighted by molar-refractivity contribution is 7.99. The Morgan fingerprint density at radius 2 is 1.35 bits per heavy atom. The number of amidine groups is 1. The molecule has 19 heteroatoms. The van der Waals surface area contributed by atoms with Gasteiger partial charge < -0.3 is 26.2 Å². The van der Waals surface area contributed by atoms with Crippen molar-refractivity contribution in [2.45, 2.75) is 13.1 Å². The summed E-state index contributed by atoms with van der Waals surface area (Å²) in [5.74, 6) is 4.57. The molecule has 0 spiro atoms. The van der Waals surface area contributed by atoms with Gasteiger partial charge in [-0.25, -0.2) is 38.1 Å². The Morgan fingerprint density at radius 1 is 0.794 bits per heavy atom. The van der Waals surface area contributed by atoms with E-state index in [2.05, 4.69) is 46.0 Å². The van der Waals surface area contributed by atoms with Crippen LogP contribution >= 0.6 is 23.5 Å². The highest BCUT2D eigenvalue weighted by Gasteiger charge is 2.21. The Labute approximate surface area is 372 Å². The second kappa shape index (κ2) is 20.9. The standard InChI is InChI=1S/C21H20FN7S.C14H12FN5.C9H15N3S/c22-16-6-2-1-4-14(16)13-29-21-15(5-3-7-24-21)18(27-29)20-25-12-17(19(23)26-20)28-8-10-30-11-9-28;15-11-6-2-1-4-9(11)8-20-14-10(5-3-7-18-14)12(19-20)13(16)17;1-11(2)8-9(7-10)12-3-5-13-6-4-12/h1-7,12H,8-11,13H2,(H2,23,25,26);1-7H,8H2,(H3,16,17);8H,3-6H2,1-2H3/b;;9-8+. The van der Waals surface area contributed by atoms with Gasteiger partial charge in [-0.1, -0.05) is 36.4 Å². The molecule has 63 heavy (non-hydrogen) atoms. The fourth-order valence-corrected chi connectivity index (χ4v) is 8.77. The van der Waals surface area contributed by atoms with Crippen LogP contribution in [-0.4, -0.2) is 118 Å². The fourth-order valence-electron chi connectivity index (χ4n) is 6.96. The van der Waals surface area contributed by atoms with Gasteiger partial charge in [0.05, 0.1) is 35.7 Å². The zero-order chi connectivity index (χ0) is 44.3. The van der Waals surface area contributed by atoms with Crippen molar-refractivity contribution >= 4 is 62.9 Å². The molecule has 0 atom stereocenters. The van der Waals surface area contributed by atoms with Crippen LogP contribution in [0.1, 0.15) is 16.8 Å². The van der Waals surface area contributed by atoms with Crippen molar-refractivity contribution in [3.63, 3.8) is 0 Å². The number of anilines is 2. The van der Waals surface area contributed by atoms with Crippen molar-refractivity contribution in [3.8, 4) is 17.6 Å². The molecule has 2 aliphatic rings. The molecule has 0 amide bonds. The van der Waals surface area contributed by atoms with E-state index in [1.54, 1.807) is 76.5 Å². The third kappa shape index (κ3) is 10.8. The number of benzene rings is 2. The van der Waals surface area contributed by atoms with Crippen molar-refractivity contribution in [2.24, 2.45) is 5.73 Å². The van der Waals surface area contributed by atoms with Gasteiger partial charge in [0.2, 0.25) is 0 Å². The molecule has 0 bridgehead atoms. The molecule has 5 aromatic heterocycles. The van der Waals surface area contributed by atoms with E-state index < -0.39 is 0 Å². The number of nitrogen functional groups attached to an aromatic ring is 2. The third-order valence-electron chi connectivity index (χ3n) is 10.0. The number of halogens is 2. The number of allylic oxidation sites excluding steroid dienone is 1. The first kappa shape index (κ1) is 44.3. The molecule has 0 aliphatic carbocycles. The summed E-state index contributed by atoms with van der Waals surface area (Å²) in [5, 5.41) is 26.9. The molecule has 0 unspecified atom stereocenters. The SMILES string of the molecule is CN(C)/C=C(\C#N)N1CCSCC1.N=C(N)c1nn(Cc2ccccc2F)c2ncccc12.Nc1nc(-c2nn(Cc3ccccc3F)c3ncccc23)ncc1N1CCSCC1. The fraction of sp³-hybridized carbons (Fsp3) is 0.273. The van der Waals surface area contributed by atoms with Crippen LogP contribution in [0.2, 0.25) is 0 Å². The van der Waals surface area contributed by atoms with Gasteiger partial charge in [-0.15, -0.1) is 0 Å². The van der Waals surface area contributed by atoms with Gasteiger partial charge in [0, 0.05) is 93.0 Å². The van der Waals surface area contributed by atoms with E-state index in [0.29, 0.717) is 50.8 Å². The Kier molecular flexibility index (Phi) is 14.7. The van der Waals surface area contributed by atoms with E-state index in [-0.39, 0.29) is 30.6 Å². The minimum atomic E-state index is -0.295. The van der Waals surface area contributed by atoms with Crippen LogP contribution < -0.4 is 16.4 Å². The van der Waals surface area contributed by atoms with Crippen LogP contribution in [-0.2, 0) is 13.1 Å². The van der Waals surface area contributed by atoms with Crippen molar-refractivity contribution < 1.29 is 8.78 Å². The lowest BCUT2D eigenvalue weighted by molar-refractivity contribution is 0.383. The number of nitriles is 1. The second-order valence-electron chi connectivity index (χ2n) is 14.6. The predicted octanol–water partition coefficient (Wildman–Crippen LogP) is 6.08. The maximum atomic E-state index is 14.2. The number of rotatable bonds is 9. The molecule has 2 saturated heterocycles. The summed E-state index contributed by atoms with van der Waals surface area (Å²) >= 11 is 3.89. The monoisotopic (exact) mass is 887 g/mol. The number of hydrogen-bond acceptors (Lipinski definition) is 14. The van der Waals surface area contributed by atoms with Gasteiger partial charge in [-0.2, -0.15) is 39.0 Å². The summed E-state index contributed by atoms with van der Waals surface area (Å²) in [6.45, 7) is 4.37. The zero-order valence-electron chi connectivity index (χ0n) is 34.9. The Morgan fingerprint density at radius 3 is 1.90 bits per heavy atom. The summed E-state index contributed by atoms with van der Waals surface area (Å²) in [6, 6.07) is 22.7. The van der Waals surface area contributed by atoms with E-state index >= 15 is 0 Å². The van der Waals surface area contributed by atoms with Crippen molar-refractivity contribution in [2.75, 3.05) is 73.9 Å². The first-order valence-corrected chi connectivity index (χ1v) is 22.4. The Hall–Kier alpha value is -6.78. The Balaban J connectivity index is 0.000000155. The summed E-state index contributed by atoms with van der Waals surface area (Å²) in [5.41, 5.74) is 16.7. The number of hydrogen-bond donors (Lipinski definition) is 3. The lowest BCUT2D eigenvalue weighted by atomic mass is 10.2. The largest absolute Gasteiger partial charge is 0.382 e. The molecular weight excluding hydrogens is 841 g/mol. The lowest BCUT2D eigenvalue weighted by Crippen LogP contribution is -2.33. The van der Waals surface area contributed by atoms with Gasteiger partial charge in [0.1, 0.15) is 40.6 Å². The van der Waals surface area contributed by atoms with Crippen LogP contribution in [0.5, 0.6) is 0 Å². The minimum Gasteiger partial charge on any atom is -0.382 e. The van der Waals surface area contributed by atoms with Crippen molar-refractivity contribution in [3.05, 3.63) is 132 Å². The quantitative estimate of drug-likeness (QED) is 0.0858. The minimum absolute atomic E-state index is 0.129. The van der Waals surface area contributed by atoms with E-state index in [1.807, 2.05) is 60.9 Å². The van der Waals surface area contributed by atoms with Crippen LogP contribution in [0.4, 0.5) is 20.3 Å². The van der Waals surface area contributed by atoms with Gasteiger partial charge in [-0.3, -0.25) is 5.41 Å². The summed E-state index contributed by atoms with van der Waals surface area (Å²) < 4.78 is 31.1. The first-order valence-electron chi connectivity index (χ1n) is 20.1. The maximum Gasteiger partial charge on any atom is 0.182 e. The third-order valence-corrected chi connectivity index (χ3v) is 11.9. The van der Waals surface area contributed by atoms with Crippen LogP contribution in [0.15, 0.2) is 103 Å². The van der Waals surface area contributed by atoms with Gasteiger partial charge in [0.25, 0.3) is 0 Å². The molecule has 2 fully saturated rings. The van der Waals surface area contributed by atoms with E-state index in [4.69, 9.17) is 22.1 Å². The van der Waals surface area contributed by atoms with Crippen LogP contribution in [0.3, 0.4) is 0 Å². The second-order valence-corrected chi connectivity index (χ2v) is 17.1. The number of nitrogens with one attached hydrogen (secondary N) is 1. The lowest BCUT2D eigenvalue weighted by Gasteiger charge is -2.28. The highest BCUT2D eigenvalue weighted by atomic mass is 32.2. The molecule has 2 aromatic carbocycles. The summed E-state index contributed by atoms with van der Waals surface area (Å²) in [6.07, 6.45) is 6.98. The highest BCUT2D eigenvalue weighted by Crippen LogP contribution is 2.30. The van der Waals surface area contributed by atoms with Gasteiger partial charge in [0.15, 0.2) is 22.9 Å². The zero-order valence-corrected chi connectivity index (χ0v) is 36.5. The molecule has 9 rings (SSSR count). The molecule has 7 aromatic rings. The number of aromatic nitrogens is 8. The normalized spacial score (nSPS) is 14.0. The van der Waals surface area contributed by atoms with Crippen LogP contribution in [0, 0.1) is 28.4 Å². The van der Waals surface area contributed by atoms with Crippen molar-refractivity contribution in [1.29, 1.82) is 10.7 Å². The molecule has 2 aliphatic heterocycles. The molecule has 5 N–H and O–H groups in total. The number of thioether (sulfide) groups is 2. The summed E-state index contributed by atoms with van der Waals surface area (Å²) in [7, 11) is 3.88. The van der Waals surface area contributed by atoms with E-state index in [9.17, 15) is 8.78 Å². The number of pyridine rings is 2. The first-order chi connectivity index (χ1) is 30.6. The smallest absolute Gasteiger partial charge is 0.182 e. The predicted molar refractivity (Wildman–Crippen MR) is 248 cm³/mol. The molecule has 324 valence electrons. The molecule has 0 saturated carbocycles. The molecule has 7 heterocycles. The molecular formula is C44H47F2N15S2. The average molecular weight is 888 g/mol. The number of nitrogens with zero attached hydrogens (tertiary/aromatic N) is 12. The van der Waals surface area contributed by atoms with Gasteiger partial charge in [-0.05, 0) is 36.4 Å². The number of fused-ring (bicyclic) bond motifs is 2.